The lowest BCUT2D eigenvalue weighted by atomic mass is 9.67. The van der Waals surface area contributed by atoms with Crippen molar-refractivity contribution in [2.45, 2.75) is 31.0 Å². The number of piperidine rings is 1. The number of rotatable bonds is 0. The molecule has 3 rings (SSSR count). The highest BCUT2D eigenvalue weighted by Gasteiger charge is 2.47. The lowest BCUT2D eigenvalue weighted by molar-refractivity contribution is -0.0784. The molecule has 0 aromatic heterocycles. The van der Waals surface area contributed by atoms with E-state index in [0.29, 0.717) is 0 Å². The van der Waals surface area contributed by atoms with Crippen molar-refractivity contribution in [3.05, 3.63) is 35.4 Å². The van der Waals surface area contributed by atoms with Crippen molar-refractivity contribution in [2.75, 3.05) is 27.2 Å². The maximum Gasteiger partial charge on any atom is 0.117 e. The Hall–Kier alpha value is -0.900. The molecule has 2 aliphatic heterocycles. The predicted molar refractivity (Wildman–Crippen MR) is 72.3 cm³/mol. The first-order chi connectivity index (χ1) is 8.63. The molecule has 1 saturated heterocycles. The summed E-state index contributed by atoms with van der Waals surface area (Å²) in [5.41, 5.74) is 2.70. The molecule has 0 aliphatic carbocycles. The highest BCUT2D eigenvalue weighted by molar-refractivity contribution is 5.38. The van der Waals surface area contributed by atoms with E-state index < -0.39 is 0 Å². The molecule has 1 N–H and O–H groups in total. The second-order valence-electron chi connectivity index (χ2n) is 5.91. The number of likely N-dealkylation sites (N-methyl/N-ethyl adjacent to an activating group) is 1. The highest BCUT2D eigenvalue weighted by atomic mass is 16.3. The Kier molecular flexibility index (Phi) is 2.93. The van der Waals surface area contributed by atoms with Gasteiger partial charge in [-0.1, -0.05) is 24.3 Å². The van der Waals surface area contributed by atoms with Gasteiger partial charge in [-0.25, -0.2) is 0 Å². The molecule has 3 heteroatoms. The number of hydrogen-bond donors (Lipinski definition) is 1. The van der Waals surface area contributed by atoms with Crippen LogP contribution in [0.15, 0.2) is 24.3 Å². The molecule has 2 heterocycles. The molecule has 1 atom stereocenters. The zero-order chi connectivity index (χ0) is 12.8. The zero-order valence-electron chi connectivity index (χ0n) is 11.3. The highest BCUT2D eigenvalue weighted by Crippen LogP contribution is 2.44. The number of aliphatic hydroxyl groups excluding tert-OH is 1. The van der Waals surface area contributed by atoms with E-state index in [1.165, 1.54) is 11.1 Å². The number of nitrogens with zero attached hydrogens (tertiary/aromatic N) is 2. The van der Waals surface area contributed by atoms with E-state index in [0.717, 1.165) is 32.5 Å². The molecule has 18 heavy (non-hydrogen) atoms. The molecule has 0 saturated carbocycles. The molecule has 0 unspecified atom stereocenters. The summed E-state index contributed by atoms with van der Waals surface area (Å²) in [7, 11) is 4.19. The Labute approximate surface area is 109 Å². The molecule has 0 radical (unpaired) electrons. The number of fused-ring (bicyclic) bond motifs is 2. The molecule has 1 fully saturated rings. The molecule has 0 bridgehead atoms. The van der Waals surface area contributed by atoms with Crippen LogP contribution in [-0.4, -0.2) is 48.3 Å². The van der Waals surface area contributed by atoms with Crippen molar-refractivity contribution in [1.29, 1.82) is 0 Å². The van der Waals surface area contributed by atoms with Crippen LogP contribution in [0.1, 0.15) is 24.0 Å². The summed E-state index contributed by atoms with van der Waals surface area (Å²) in [6.07, 6.45) is 1.75. The van der Waals surface area contributed by atoms with Crippen LogP contribution in [-0.2, 0) is 12.0 Å². The summed E-state index contributed by atoms with van der Waals surface area (Å²) in [6.45, 7) is 2.99. The minimum atomic E-state index is -0.346. The van der Waals surface area contributed by atoms with Crippen LogP contribution in [0.25, 0.3) is 0 Å². The van der Waals surface area contributed by atoms with E-state index in [4.69, 9.17) is 0 Å². The predicted octanol–water partition coefficient (Wildman–Crippen LogP) is 1.41. The molecule has 3 nitrogen and oxygen atoms in total. The number of likely N-dealkylation sites (tertiary alicyclic amines) is 1. The lowest BCUT2D eigenvalue weighted by Gasteiger charge is -2.50. The number of aliphatic hydroxyl groups is 1. The van der Waals surface area contributed by atoms with Crippen LogP contribution in [0.3, 0.4) is 0 Å². The van der Waals surface area contributed by atoms with Gasteiger partial charge < -0.3 is 10.0 Å². The Balaban J connectivity index is 2.06. The van der Waals surface area contributed by atoms with E-state index in [2.05, 4.69) is 41.1 Å². The third-order valence-corrected chi connectivity index (χ3v) is 4.76. The minimum Gasteiger partial charge on any atom is -0.377 e. The summed E-state index contributed by atoms with van der Waals surface area (Å²) in [5.74, 6) is 0. The van der Waals surface area contributed by atoms with Crippen LogP contribution >= 0.6 is 0 Å². The molecule has 0 amide bonds. The molecular weight excluding hydrogens is 224 g/mol. The van der Waals surface area contributed by atoms with Crippen molar-refractivity contribution in [2.24, 2.45) is 0 Å². The van der Waals surface area contributed by atoms with Gasteiger partial charge in [-0.3, -0.25) is 4.90 Å². The van der Waals surface area contributed by atoms with Gasteiger partial charge in [0.25, 0.3) is 0 Å². The SMILES string of the molecule is CN1CCC2(CC1)c1ccccc1CN(C)[C@H]2O. The van der Waals surface area contributed by atoms with E-state index in [-0.39, 0.29) is 11.6 Å². The van der Waals surface area contributed by atoms with E-state index >= 15 is 0 Å². The van der Waals surface area contributed by atoms with Crippen molar-refractivity contribution < 1.29 is 5.11 Å². The summed E-state index contributed by atoms with van der Waals surface area (Å²) >= 11 is 0. The zero-order valence-corrected chi connectivity index (χ0v) is 11.3. The molecule has 1 aromatic carbocycles. The van der Waals surface area contributed by atoms with Crippen LogP contribution in [0.2, 0.25) is 0 Å². The van der Waals surface area contributed by atoms with Crippen LogP contribution < -0.4 is 0 Å². The molecule has 2 aliphatic rings. The lowest BCUT2D eigenvalue weighted by Crippen LogP contribution is -2.57. The van der Waals surface area contributed by atoms with Gasteiger partial charge in [-0.15, -0.1) is 0 Å². The maximum atomic E-state index is 10.7. The average molecular weight is 246 g/mol. The Morgan fingerprint density at radius 1 is 1.17 bits per heavy atom. The minimum absolute atomic E-state index is 0.0594. The van der Waals surface area contributed by atoms with Gasteiger partial charge >= 0.3 is 0 Å². The van der Waals surface area contributed by atoms with E-state index in [1.54, 1.807) is 0 Å². The Bertz CT molecular complexity index is 438. The van der Waals surface area contributed by atoms with Crippen molar-refractivity contribution in [3.63, 3.8) is 0 Å². The third kappa shape index (κ3) is 1.69. The monoisotopic (exact) mass is 246 g/mol. The van der Waals surface area contributed by atoms with Crippen molar-refractivity contribution in [1.82, 2.24) is 9.80 Å². The smallest absolute Gasteiger partial charge is 0.117 e. The van der Waals surface area contributed by atoms with Crippen LogP contribution in [0, 0.1) is 0 Å². The van der Waals surface area contributed by atoms with Gasteiger partial charge in [0.05, 0.1) is 0 Å². The number of benzene rings is 1. The van der Waals surface area contributed by atoms with Gasteiger partial charge in [0.2, 0.25) is 0 Å². The Morgan fingerprint density at radius 2 is 1.83 bits per heavy atom. The van der Waals surface area contributed by atoms with Crippen LogP contribution in [0.5, 0.6) is 0 Å². The first kappa shape index (κ1) is 12.2. The molecule has 1 aromatic rings. The molecule has 1 spiro atoms. The Morgan fingerprint density at radius 3 is 2.56 bits per heavy atom. The fourth-order valence-electron chi connectivity index (χ4n) is 3.61. The fourth-order valence-corrected chi connectivity index (χ4v) is 3.61. The summed E-state index contributed by atoms with van der Waals surface area (Å²) in [4.78, 5) is 4.45. The van der Waals surface area contributed by atoms with E-state index in [9.17, 15) is 5.11 Å². The van der Waals surface area contributed by atoms with Gasteiger partial charge in [-0.2, -0.15) is 0 Å². The normalized spacial score (nSPS) is 28.3. The first-order valence-electron chi connectivity index (χ1n) is 6.79. The topological polar surface area (TPSA) is 26.7 Å². The molecular formula is C15H22N2O. The van der Waals surface area contributed by atoms with Gasteiger partial charge in [0.15, 0.2) is 0 Å². The second-order valence-corrected chi connectivity index (χ2v) is 5.91. The van der Waals surface area contributed by atoms with Crippen molar-refractivity contribution >= 4 is 0 Å². The van der Waals surface area contributed by atoms with E-state index in [1.807, 2.05) is 7.05 Å². The average Bonchev–Trinajstić information content (AvgIpc) is 2.39. The third-order valence-electron chi connectivity index (χ3n) is 4.76. The second kappa shape index (κ2) is 4.34. The first-order valence-corrected chi connectivity index (χ1v) is 6.79. The summed E-state index contributed by atoms with van der Waals surface area (Å²) in [5, 5.41) is 10.7. The van der Waals surface area contributed by atoms with Crippen molar-refractivity contribution in [3.8, 4) is 0 Å². The quantitative estimate of drug-likeness (QED) is 0.750. The molecule has 98 valence electrons. The summed E-state index contributed by atoms with van der Waals surface area (Å²) < 4.78 is 0. The van der Waals surface area contributed by atoms with Gasteiger partial charge in [0, 0.05) is 12.0 Å². The number of hydrogen-bond acceptors (Lipinski definition) is 3. The maximum absolute atomic E-state index is 10.7. The van der Waals surface area contributed by atoms with Gasteiger partial charge in [0.1, 0.15) is 6.23 Å². The van der Waals surface area contributed by atoms with Crippen LogP contribution in [0.4, 0.5) is 0 Å². The largest absolute Gasteiger partial charge is 0.377 e. The fraction of sp³-hybridized carbons (Fsp3) is 0.600. The van der Waals surface area contributed by atoms with Gasteiger partial charge in [-0.05, 0) is 51.2 Å². The standard InChI is InChI=1S/C15H22N2O/c1-16-9-7-15(8-10-16)13-6-4-3-5-12(13)11-17(2)14(15)18/h3-6,14,18H,7-11H2,1-2H3/t14-/m0/s1. The summed E-state index contributed by atoms with van der Waals surface area (Å²) in [6, 6.07) is 8.64.